The first kappa shape index (κ1) is 19.2. The summed E-state index contributed by atoms with van der Waals surface area (Å²) in [7, 11) is 0. The molecule has 0 atom stereocenters. The van der Waals surface area contributed by atoms with Crippen molar-refractivity contribution in [1.82, 2.24) is 15.2 Å². The molecular weight excluding hydrogens is 382 g/mol. The van der Waals surface area contributed by atoms with Crippen molar-refractivity contribution < 1.29 is 19.1 Å². The molecule has 0 unspecified atom stereocenters. The first-order valence-electron chi connectivity index (χ1n) is 9.27. The number of carbonyl (C=O) groups is 2. The molecule has 30 heavy (non-hydrogen) atoms. The number of aromatic carboxylic acids is 1. The average Bonchev–Trinajstić information content (AvgIpc) is 3.23. The molecule has 2 aromatic carbocycles. The number of rotatable bonds is 7. The van der Waals surface area contributed by atoms with Crippen LogP contribution in [0.3, 0.4) is 0 Å². The van der Waals surface area contributed by atoms with Gasteiger partial charge >= 0.3 is 5.97 Å². The lowest BCUT2D eigenvalue weighted by atomic mass is 10.0. The second-order valence-electron chi connectivity index (χ2n) is 6.67. The van der Waals surface area contributed by atoms with E-state index in [1.54, 1.807) is 12.1 Å². The fourth-order valence-corrected chi connectivity index (χ4v) is 3.01. The summed E-state index contributed by atoms with van der Waals surface area (Å²) >= 11 is 0. The van der Waals surface area contributed by atoms with Crippen LogP contribution in [-0.2, 0) is 17.6 Å². The number of carboxylic acids is 1. The molecular formula is C23H17N3O4. The number of carboxylic acid groups (broad SMARTS) is 1. The SMILES string of the molecule is O=C(Cc1ccc(-c2ccccc2)cc1)Cc1nnc(-c2cccc(C(=O)O)n2)o1. The van der Waals surface area contributed by atoms with Gasteiger partial charge in [-0.15, -0.1) is 10.2 Å². The molecule has 7 nitrogen and oxygen atoms in total. The highest BCUT2D eigenvalue weighted by atomic mass is 16.4. The molecule has 2 aromatic heterocycles. The standard InChI is InChI=1S/C23H17N3O4/c27-18(13-15-9-11-17(12-10-15)16-5-2-1-3-6-16)14-21-25-26-22(30-21)19-7-4-8-20(24-19)23(28)29/h1-12H,13-14H2,(H,28,29). The van der Waals surface area contributed by atoms with E-state index in [0.29, 0.717) is 0 Å². The Hall–Kier alpha value is -4.13. The van der Waals surface area contributed by atoms with Gasteiger partial charge in [-0.2, -0.15) is 0 Å². The summed E-state index contributed by atoms with van der Waals surface area (Å²) in [5.41, 5.74) is 3.23. The quantitative estimate of drug-likeness (QED) is 0.503. The highest BCUT2D eigenvalue weighted by Gasteiger charge is 2.15. The van der Waals surface area contributed by atoms with Crippen molar-refractivity contribution in [2.75, 3.05) is 0 Å². The van der Waals surface area contributed by atoms with E-state index in [9.17, 15) is 9.59 Å². The number of benzene rings is 2. The van der Waals surface area contributed by atoms with Crippen LogP contribution in [0.5, 0.6) is 0 Å². The van der Waals surface area contributed by atoms with Crippen molar-refractivity contribution in [2.24, 2.45) is 0 Å². The summed E-state index contributed by atoms with van der Waals surface area (Å²) in [6.07, 6.45) is 0.242. The maximum absolute atomic E-state index is 12.4. The van der Waals surface area contributed by atoms with Crippen LogP contribution in [0.2, 0.25) is 0 Å². The normalized spacial score (nSPS) is 10.7. The third-order valence-corrected chi connectivity index (χ3v) is 4.46. The lowest BCUT2D eigenvalue weighted by molar-refractivity contribution is -0.118. The van der Waals surface area contributed by atoms with Crippen LogP contribution in [0.25, 0.3) is 22.7 Å². The Labute approximate surface area is 172 Å². The van der Waals surface area contributed by atoms with Gasteiger partial charge in [0.05, 0.1) is 6.42 Å². The van der Waals surface area contributed by atoms with Crippen LogP contribution in [0.4, 0.5) is 0 Å². The average molecular weight is 399 g/mol. The minimum absolute atomic E-state index is 0.00788. The van der Waals surface area contributed by atoms with E-state index in [4.69, 9.17) is 9.52 Å². The molecule has 0 aliphatic carbocycles. The van der Waals surface area contributed by atoms with Crippen LogP contribution >= 0.6 is 0 Å². The Morgan fingerprint density at radius 2 is 1.53 bits per heavy atom. The maximum Gasteiger partial charge on any atom is 0.354 e. The number of Topliss-reactive ketones (excluding diaryl/α,β-unsaturated/α-hetero) is 1. The van der Waals surface area contributed by atoms with Crippen molar-refractivity contribution in [2.45, 2.75) is 12.8 Å². The molecule has 0 fully saturated rings. The number of carbonyl (C=O) groups excluding carboxylic acids is 1. The fraction of sp³-hybridized carbons (Fsp3) is 0.0870. The summed E-state index contributed by atoms with van der Waals surface area (Å²) in [5, 5.41) is 16.8. The molecule has 1 N–H and O–H groups in total. The monoisotopic (exact) mass is 399 g/mol. The molecule has 4 aromatic rings. The van der Waals surface area contributed by atoms with Crippen LogP contribution in [0, 0.1) is 0 Å². The van der Waals surface area contributed by atoms with Crippen LogP contribution < -0.4 is 0 Å². The third kappa shape index (κ3) is 4.47. The van der Waals surface area contributed by atoms with Crippen LogP contribution in [0.1, 0.15) is 21.9 Å². The number of ketones is 1. The Balaban J connectivity index is 1.40. The number of pyridine rings is 1. The van der Waals surface area contributed by atoms with E-state index in [1.807, 2.05) is 54.6 Å². The molecule has 0 spiro atoms. The second-order valence-corrected chi connectivity index (χ2v) is 6.67. The summed E-state index contributed by atoms with van der Waals surface area (Å²) in [6.45, 7) is 0. The van der Waals surface area contributed by atoms with E-state index in [1.165, 1.54) is 6.07 Å². The highest BCUT2D eigenvalue weighted by molar-refractivity contribution is 5.86. The predicted octanol–water partition coefficient (Wildman–Crippen LogP) is 3.85. The summed E-state index contributed by atoms with van der Waals surface area (Å²) in [4.78, 5) is 27.4. The van der Waals surface area contributed by atoms with Crippen molar-refractivity contribution in [3.8, 4) is 22.7 Å². The van der Waals surface area contributed by atoms with Crippen molar-refractivity contribution >= 4 is 11.8 Å². The van der Waals surface area contributed by atoms with Gasteiger partial charge in [-0.1, -0.05) is 60.7 Å². The Bertz CT molecular complexity index is 1180. The topological polar surface area (TPSA) is 106 Å². The van der Waals surface area contributed by atoms with Gasteiger partial charge in [0.1, 0.15) is 17.2 Å². The molecule has 0 amide bonds. The van der Waals surface area contributed by atoms with Gasteiger partial charge in [0.15, 0.2) is 0 Å². The first-order valence-corrected chi connectivity index (χ1v) is 9.27. The molecule has 0 saturated heterocycles. The fourth-order valence-electron chi connectivity index (χ4n) is 3.01. The van der Waals surface area contributed by atoms with E-state index in [-0.39, 0.29) is 41.8 Å². The Morgan fingerprint density at radius 3 is 2.27 bits per heavy atom. The van der Waals surface area contributed by atoms with E-state index in [2.05, 4.69) is 15.2 Å². The highest BCUT2D eigenvalue weighted by Crippen LogP contribution is 2.20. The Morgan fingerprint density at radius 1 is 0.800 bits per heavy atom. The molecule has 4 rings (SSSR count). The zero-order valence-corrected chi connectivity index (χ0v) is 15.9. The van der Waals surface area contributed by atoms with Gasteiger partial charge in [-0.05, 0) is 28.8 Å². The second kappa shape index (κ2) is 8.48. The van der Waals surface area contributed by atoms with Crippen molar-refractivity contribution in [1.29, 1.82) is 0 Å². The van der Waals surface area contributed by atoms with Gasteiger partial charge in [-0.25, -0.2) is 9.78 Å². The summed E-state index contributed by atoms with van der Waals surface area (Å²) in [5.74, 6) is -0.971. The first-order chi connectivity index (χ1) is 14.6. The zero-order valence-electron chi connectivity index (χ0n) is 15.9. The zero-order chi connectivity index (χ0) is 20.9. The molecule has 2 heterocycles. The molecule has 148 valence electrons. The molecule has 0 saturated carbocycles. The van der Waals surface area contributed by atoms with Crippen LogP contribution in [0.15, 0.2) is 77.2 Å². The van der Waals surface area contributed by atoms with Gasteiger partial charge in [0, 0.05) is 6.42 Å². The minimum Gasteiger partial charge on any atom is -0.477 e. The number of hydrogen-bond acceptors (Lipinski definition) is 6. The van der Waals surface area contributed by atoms with Crippen LogP contribution in [-0.4, -0.2) is 32.0 Å². The molecule has 7 heteroatoms. The number of nitrogens with zero attached hydrogens (tertiary/aromatic N) is 3. The number of aromatic nitrogens is 3. The van der Waals surface area contributed by atoms with E-state index in [0.717, 1.165) is 16.7 Å². The van der Waals surface area contributed by atoms with E-state index >= 15 is 0 Å². The lowest BCUT2D eigenvalue weighted by Crippen LogP contribution is -2.06. The number of hydrogen-bond donors (Lipinski definition) is 1. The molecule has 0 aliphatic rings. The summed E-state index contributed by atoms with van der Waals surface area (Å²) < 4.78 is 5.49. The van der Waals surface area contributed by atoms with Crippen molar-refractivity contribution in [3.63, 3.8) is 0 Å². The minimum atomic E-state index is -1.15. The maximum atomic E-state index is 12.4. The van der Waals surface area contributed by atoms with Gasteiger partial charge in [-0.3, -0.25) is 4.79 Å². The van der Waals surface area contributed by atoms with Gasteiger partial charge in [0.25, 0.3) is 5.89 Å². The predicted molar refractivity (Wildman–Crippen MR) is 109 cm³/mol. The van der Waals surface area contributed by atoms with E-state index < -0.39 is 5.97 Å². The van der Waals surface area contributed by atoms with Gasteiger partial charge in [0.2, 0.25) is 5.89 Å². The van der Waals surface area contributed by atoms with Gasteiger partial charge < -0.3 is 9.52 Å². The largest absolute Gasteiger partial charge is 0.477 e. The third-order valence-electron chi connectivity index (χ3n) is 4.46. The summed E-state index contributed by atoms with van der Waals surface area (Å²) in [6, 6.07) is 22.3. The smallest absolute Gasteiger partial charge is 0.354 e. The molecule has 0 bridgehead atoms. The Kier molecular flexibility index (Phi) is 5.43. The molecule has 0 aliphatic heterocycles. The molecule has 0 radical (unpaired) electrons. The van der Waals surface area contributed by atoms with Crippen molar-refractivity contribution in [3.05, 3.63) is 89.9 Å². The lowest BCUT2D eigenvalue weighted by Gasteiger charge is -2.04.